The van der Waals surface area contributed by atoms with Gasteiger partial charge in [-0.05, 0) is 59.3 Å². The van der Waals surface area contributed by atoms with E-state index in [1.807, 2.05) is 37.3 Å². The number of sulfone groups is 1. The van der Waals surface area contributed by atoms with Crippen LogP contribution in [0.4, 0.5) is 15.3 Å². The molecule has 1 aliphatic carbocycles. The molecule has 1 aliphatic rings. The Labute approximate surface area is 258 Å². The molecule has 0 heterocycles. The topological polar surface area (TPSA) is 146 Å². The molecular formula is C31H38BN3O8S. The van der Waals surface area contributed by atoms with E-state index in [1.54, 1.807) is 31.3 Å². The van der Waals surface area contributed by atoms with Gasteiger partial charge in [-0.3, -0.25) is 0 Å². The minimum absolute atomic E-state index is 0.0433. The lowest BCUT2D eigenvalue weighted by Crippen LogP contribution is -2.35. The minimum atomic E-state index is -3.60. The van der Waals surface area contributed by atoms with Gasteiger partial charge in [0.2, 0.25) is 0 Å². The number of rotatable bonds is 12. The minimum Gasteiger partial charge on any atom is -0.496 e. The number of ether oxygens (including phenoxy) is 2. The molecule has 11 nitrogen and oxygen atoms in total. The molecule has 0 saturated heterocycles. The van der Waals surface area contributed by atoms with Crippen LogP contribution in [-0.2, 0) is 27.7 Å². The van der Waals surface area contributed by atoms with E-state index in [-0.39, 0.29) is 30.5 Å². The third kappa shape index (κ3) is 8.10. The van der Waals surface area contributed by atoms with Gasteiger partial charge in [0.25, 0.3) is 0 Å². The Hall–Kier alpha value is -4.07. The van der Waals surface area contributed by atoms with Crippen LogP contribution in [0.2, 0.25) is 0 Å². The van der Waals surface area contributed by atoms with Crippen molar-refractivity contribution in [1.82, 2.24) is 9.80 Å². The zero-order valence-corrected chi connectivity index (χ0v) is 26.1. The first kappa shape index (κ1) is 32.8. The Balaban J connectivity index is 1.48. The number of nitrogens with one attached hydrogen (secondary N) is 1. The first-order chi connectivity index (χ1) is 20.9. The molecule has 13 heteroatoms. The highest BCUT2D eigenvalue weighted by Crippen LogP contribution is 2.36. The van der Waals surface area contributed by atoms with Gasteiger partial charge in [-0.1, -0.05) is 49.4 Å². The summed E-state index contributed by atoms with van der Waals surface area (Å²) in [5.41, 5.74) is 2.58. The van der Waals surface area contributed by atoms with Crippen molar-refractivity contribution < 1.29 is 37.5 Å². The number of anilines is 1. The Morgan fingerprint density at radius 2 is 1.73 bits per heavy atom. The SMILES string of the molecule is COc1ccc(B(O)O)cc1C(C)CN(C)C(=O)Nc1ccc(S(=O)(=O)C2CC2)c(CN(C)C(=O)OCc2ccccc2)c1. The van der Waals surface area contributed by atoms with Crippen LogP contribution in [0, 0.1) is 0 Å². The third-order valence-corrected chi connectivity index (χ3v) is 9.84. The van der Waals surface area contributed by atoms with Crippen LogP contribution >= 0.6 is 0 Å². The molecule has 44 heavy (non-hydrogen) atoms. The normalized spacial score (nSPS) is 13.5. The summed E-state index contributed by atoms with van der Waals surface area (Å²) in [5.74, 6) is 0.329. The fourth-order valence-corrected chi connectivity index (χ4v) is 6.74. The standard InChI is InChI=1S/C31H38BN3O8S/c1-21(27-17-24(32(38)39)10-14-28(27)42-4)18-34(2)30(36)33-25-11-15-29(44(40,41)26-12-13-26)23(16-25)19-35(3)31(37)43-20-22-8-6-5-7-9-22/h5-11,14-17,21,26,38-39H,12-13,18-20H2,1-4H3,(H,33,36). The van der Waals surface area contributed by atoms with Crippen molar-refractivity contribution in [3.05, 3.63) is 83.4 Å². The predicted octanol–water partition coefficient (Wildman–Crippen LogP) is 3.35. The van der Waals surface area contributed by atoms with E-state index in [1.165, 1.54) is 36.1 Å². The van der Waals surface area contributed by atoms with E-state index < -0.39 is 34.3 Å². The van der Waals surface area contributed by atoms with Gasteiger partial charge in [0.05, 0.1) is 23.8 Å². The number of amides is 3. The van der Waals surface area contributed by atoms with E-state index >= 15 is 0 Å². The van der Waals surface area contributed by atoms with Crippen LogP contribution in [0.15, 0.2) is 71.6 Å². The number of carbonyl (C=O) groups is 2. The Morgan fingerprint density at radius 1 is 1.02 bits per heavy atom. The van der Waals surface area contributed by atoms with Crippen molar-refractivity contribution in [3.63, 3.8) is 0 Å². The van der Waals surface area contributed by atoms with Gasteiger partial charge in [0.1, 0.15) is 12.4 Å². The van der Waals surface area contributed by atoms with E-state index in [0.717, 1.165) is 5.56 Å². The maximum Gasteiger partial charge on any atom is 0.488 e. The van der Waals surface area contributed by atoms with Crippen LogP contribution in [0.5, 0.6) is 5.75 Å². The fraction of sp³-hybridized carbons (Fsp3) is 0.355. The molecule has 0 bridgehead atoms. The molecule has 4 rings (SSSR count). The van der Waals surface area contributed by atoms with Crippen molar-refractivity contribution in [3.8, 4) is 5.75 Å². The summed E-state index contributed by atoms with van der Waals surface area (Å²) >= 11 is 0. The smallest absolute Gasteiger partial charge is 0.488 e. The van der Waals surface area contributed by atoms with E-state index in [0.29, 0.717) is 40.9 Å². The van der Waals surface area contributed by atoms with E-state index in [4.69, 9.17) is 9.47 Å². The van der Waals surface area contributed by atoms with Crippen molar-refractivity contribution in [1.29, 1.82) is 0 Å². The van der Waals surface area contributed by atoms with Gasteiger partial charge in [0, 0.05) is 32.2 Å². The molecule has 0 aromatic heterocycles. The lowest BCUT2D eigenvalue weighted by atomic mass is 9.78. The zero-order valence-electron chi connectivity index (χ0n) is 25.3. The maximum atomic E-state index is 13.2. The number of carbonyl (C=O) groups excluding carboxylic acids is 2. The van der Waals surface area contributed by atoms with E-state index in [9.17, 15) is 28.1 Å². The summed E-state index contributed by atoms with van der Waals surface area (Å²) in [6.07, 6.45) is 0.562. The van der Waals surface area contributed by atoms with Crippen LogP contribution in [0.1, 0.15) is 42.4 Å². The third-order valence-electron chi connectivity index (χ3n) is 7.48. The number of likely N-dealkylation sites (N-methyl/N-ethyl adjacent to an activating group) is 1. The Bertz CT molecular complexity index is 1580. The highest BCUT2D eigenvalue weighted by atomic mass is 32.2. The van der Waals surface area contributed by atoms with Crippen LogP contribution in [0.25, 0.3) is 0 Å². The zero-order chi connectivity index (χ0) is 32.0. The van der Waals surface area contributed by atoms with Crippen molar-refractivity contribution in [2.24, 2.45) is 0 Å². The van der Waals surface area contributed by atoms with Crippen LogP contribution < -0.4 is 15.5 Å². The van der Waals surface area contributed by atoms with Crippen molar-refractivity contribution in [2.45, 2.75) is 49.0 Å². The van der Waals surface area contributed by atoms with Gasteiger partial charge < -0.3 is 34.6 Å². The lowest BCUT2D eigenvalue weighted by molar-refractivity contribution is 0.102. The van der Waals surface area contributed by atoms with E-state index in [2.05, 4.69) is 5.32 Å². The van der Waals surface area contributed by atoms with Gasteiger partial charge in [-0.2, -0.15) is 0 Å². The molecule has 234 valence electrons. The summed E-state index contributed by atoms with van der Waals surface area (Å²) in [7, 11) is -0.576. The molecular weight excluding hydrogens is 585 g/mol. The summed E-state index contributed by atoms with van der Waals surface area (Å²) in [4.78, 5) is 28.8. The Morgan fingerprint density at radius 3 is 2.36 bits per heavy atom. The molecule has 1 atom stereocenters. The van der Waals surface area contributed by atoms with Gasteiger partial charge >= 0.3 is 19.2 Å². The molecule has 0 spiro atoms. The van der Waals surface area contributed by atoms with Crippen molar-refractivity contribution in [2.75, 3.05) is 33.1 Å². The number of benzene rings is 3. The fourth-order valence-electron chi connectivity index (χ4n) is 4.88. The highest BCUT2D eigenvalue weighted by molar-refractivity contribution is 7.92. The second-order valence-corrected chi connectivity index (χ2v) is 13.2. The van der Waals surface area contributed by atoms with Crippen LogP contribution in [0.3, 0.4) is 0 Å². The van der Waals surface area contributed by atoms with Gasteiger partial charge in [-0.25, -0.2) is 18.0 Å². The number of hydrogen-bond donors (Lipinski definition) is 3. The summed E-state index contributed by atoms with van der Waals surface area (Å²) in [6, 6.07) is 18.2. The average molecular weight is 624 g/mol. The molecule has 3 aromatic carbocycles. The Kier molecular flexibility index (Phi) is 10.6. The molecule has 3 aromatic rings. The number of urea groups is 1. The maximum absolute atomic E-state index is 13.2. The molecule has 0 aliphatic heterocycles. The van der Waals surface area contributed by atoms with Crippen LogP contribution in [-0.4, -0.2) is 80.5 Å². The van der Waals surface area contributed by atoms with Gasteiger partial charge in [-0.15, -0.1) is 0 Å². The first-order valence-electron chi connectivity index (χ1n) is 14.3. The lowest BCUT2D eigenvalue weighted by Gasteiger charge is -2.24. The second-order valence-electron chi connectivity index (χ2n) is 11.0. The largest absolute Gasteiger partial charge is 0.496 e. The molecule has 1 unspecified atom stereocenters. The monoisotopic (exact) mass is 623 g/mol. The van der Waals surface area contributed by atoms with Crippen molar-refractivity contribution >= 4 is 40.2 Å². The molecule has 1 fully saturated rings. The summed E-state index contributed by atoms with van der Waals surface area (Å²) < 4.78 is 37.3. The number of methoxy groups -OCH3 is 1. The summed E-state index contributed by atoms with van der Waals surface area (Å²) in [6.45, 7) is 2.19. The molecule has 3 N–H and O–H groups in total. The second kappa shape index (κ2) is 14.1. The quantitative estimate of drug-likeness (QED) is 0.261. The molecule has 0 radical (unpaired) electrons. The molecule has 1 saturated carbocycles. The number of hydrogen-bond acceptors (Lipinski definition) is 8. The van der Waals surface area contributed by atoms with Gasteiger partial charge in [0.15, 0.2) is 9.84 Å². The predicted molar refractivity (Wildman–Crippen MR) is 168 cm³/mol. The first-order valence-corrected chi connectivity index (χ1v) is 15.8. The highest BCUT2D eigenvalue weighted by Gasteiger charge is 2.38. The summed E-state index contributed by atoms with van der Waals surface area (Å²) in [5, 5.41) is 21.5. The average Bonchev–Trinajstić information content (AvgIpc) is 3.86. The number of nitrogens with zero attached hydrogens (tertiary/aromatic N) is 2. The molecule has 3 amide bonds.